The lowest BCUT2D eigenvalue weighted by atomic mass is 10.2. The van der Waals surface area contributed by atoms with Crippen LogP contribution in [-0.4, -0.2) is 31.7 Å². The molecule has 1 aromatic rings. The van der Waals surface area contributed by atoms with Gasteiger partial charge < -0.3 is 15.4 Å². The molecule has 0 bridgehead atoms. The first-order valence-electron chi connectivity index (χ1n) is 5.72. The van der Waals surface area contributed by atoms with Gasteiger partial charge in [-0.15, -0.1) is 0 Å². The van der Waals surface area contributed by atoms with Gasteiger partial charge >= 0.3 is 0 Å². The third-order valence-electron chi connectivity index (χ3n) is 2.62. The summed E-state index contributed by atoms with van der Waals surface area (Å²) >= 11 is 5.56. The Morgan fingerprint density at radius 2 is 2.44 bits per heavy atom. The van der Waals surface area contributed by atoms with Gasteiger partial charge in [-0.2, -0.15) is 0 Å². The molecule has 1 aromatic carbocycles. The smallest absolute Gasteiger partial charge is 0.227 e. The van der Waals surface area contributed by atoms with Gasteiger partial charge in [0.05, 0.1) is 24.2 Å². The van der Waals surface area contributed by atoms with Gasteiger partial charge in [-0.25, -0.2) is 4.39 Å². The quantitative estimate of drug-likeness (QED) is 0.882. The standard InChI is InChI=1S/C12H14ClFN2O2/c13-10-2-1-8(5-11(10)14)16-12(17)6-9-7-15-3-4-18-9/h1-2,5,9,15H,3-4,6-7H2,(H,16,17). The van der Waals surface area contributed by atoms with Crippen molar-refractivity contribution in [3.63, 3.8) is 0 Å². The van der Waals surface area contributed by atoms with E-state index >= 15 is 0 Å². The van der Waals surface area contributed by atoms with Gasteiger partial charge in [0, 0.05) is 18.8 Å². The Morgan fingerprint density at radius 1 is 1.61 bits per heavy atom. The molecule has 4 nitrogen and oxygen atoms in total. The Bertz CT molecular complexity index is 436. The van der Waals surface area contributed by atoms with E-state index < -0.39 is 5.82 Å². The largest absolute Gasteiger partial charge is 0.375 e. The third-order valence-corrected chi connectivity index (χ3v) is 2.93. The molecular formula is C12H14ClFN2O2. The number of benzene rings is 1. The van der Waals surface area contributed by atoms with Crippen LogP contribution in [-0.2, 0) is 9.53 Å². The highest BCUT2D eigenvalue weighted by atomic mass is 35.5. The second-order valence-corrected chi connectivity index (χ2v) is 4.49. The summed E-state index contributed by atoms with van der Waals surface area (Å²) in [5, 5.41) is 5.79. The maximum Gasteiger partial charge on any atom is 0.227 e. The lowest BCUT2D eigenvalue weighted by Crippen LogP contribution is -2.40. The molecule has 0 spiro atoms. The fourth-order valence-electron chi connectivity index (χ4n) is 1.74. The normalized spacial score (nSPS) is 19.6. The second kappa shape index (κ2) is 6.13. The Balaban J connectivity index is 1.88. The zero-order valence-corrected chi connectivity index (χ0v) is 10.5. The van der Waals surface area contributed by atoms with Crippen molar-refractivity contribution in [1.82, 2.24) is 5.32 Å². The zero-order valence-electron chi connectivity index (χ0n) is 9.71. The summed E-state index contributed by atoms with van der Waals surface area (Å²) in [5.74, 6) is -0.754. The first kappa shape index (κ1) is 13.3. The summed E-state index contributed by atoms with van der Waals surface area (Å²) in [5.41, 5.74) is 0.394. The molecule has 1 atom stereocenters. The van der Waals surface area contributed by atoms with Crippen molar-refractivity contribution in [2.45, 2.75) is 12.5 Å². The maximum atomic E-state index is 13.2. The molecule has 6 heteroatoms. The van der Waals surface area contributed by atoms with Gasteiger partial charge in [0.1, 0.15) is 5.82 Å². The Labute approximate surface area is 109 Å². The fraction of sp³-hybridized carbons (Fsp3) is 0.417. The van der Waals surface area contributed by atoms with Gasteiger partial charge in [-0.05, 0) is 18.2 Å². The van der Waals surface area contributed by atoms with Crippen LogP contribution in [0.15, 0.2) is 18.2 Å². The first-order chi connectivity index (χ1) is 8.65. The third kappa shape index (κ3) is 3.66. The van der Waals surface area contributed by atoms with Crippen LogP contribution in [0.4, 0.5) is 10.1 Å². The number of nitrogens with one attached hydrogen (secondary N) is 2. The molecule has 18 heavy (non-hydrogen) atoms. The molecule has 2 rings (SSSR count). The maximum absolute atomic E-state index is 13.2. The Hall–Kier alpha value is -1.17. The van der Waals surface area contributed by atoms with E-state index in [1.165, 1.54) is 12.1 Å². The van der Waals surface area contributed by atoms with E-state index in [9.17, 15) is 9.18 Å². The Kier molecular flexibility index (Phi) is 4.52. The van der Waals surface area contributed by atoms with E-state index in [1.54, 1.807) is 6.07 Å². The average molecular weight is 273 g/mol. The van der Waals surface area contributed by atoms with Crippen molar-refractivity contribution >= 4 is 23.2 Å². The molecule has 1 saturated heterocycles. The summed E-state index contributed by atoms with van der Waals surface area (Å²) in [7, 11) is 0. The van der Waals surface area contributed by atoms with Crippen LogP contribution in [0.25, 0.3) is 0 Å². The fourth-order valence-corrected chi connectivity index (χ4v) is 1.86. The second-order valence-electron chi connectivity index (χ2n) is 4.08. The lowest BCUT2D eigenvalue weighted by molar-refractivity contribution is -0.119. The van der Waals surface area contributed by atoms with E-state index in [2.05, 4.69) is 10.6 Å². The van der Waals surface area contributed by atoms with Crippen LogP contribution in [0.5, 0.6) is 0 Å². The highest BCUT2D eigenvalue weighted by molar-refractivity contribution is 6.30. The lowest BCUT2D eigenvalue weighted by Gasteiger charge is -2.23. The summed E-state index contributed by atoms with van der Waals surface area (Å²) < 4.78 is 18.6. The summed E-state index contributed by atoms with van der Waals surface area (Å²) in [6.45, 7) is 2.07. The monoisotopic (exact) mass is 272 g/mol. The highest BCUT2D eigenvalue weighted by Gasteiger charge is 2.17. The molecule has 0 aliphatic carbocycles. The summed E-state index contributed by atoms with van der Waals surface area (Å²) in [6, 6.07) is 4.16. The van der Waals surface area contributed by atoms with E-state index in [0.29, 0.717) is 18.8 Å². The minimum Gasteiger partial charge on any atom is -0.375 e. The number of hydrogen-bond acceptors (Lipinski definition) is 3. The van der Waals surface area contributed by atoms with Crippen molar-refractivity contribution in [2.75, 3.05) is 25.0 Å². The summed E-state index contributed by atoms with van der Waals surface area (Å²) in [6.07, 6.45) is 0.118. The molecule has 0 aromatic heterocycles. The van der Waals surface area contributed by atoms with Crippen molar-refractivity contribution < 1.29 is 13.9 Å². The molecule has 1 unspecified atom stereocenters. The molecule has 98 valence electrons. The van der Waals surface area contributed by atoms with E-state index in [1.807, 2.05) is 0 Å². The van der Waals surface area contributed by atoms with Crippen LogP contribution >= 0.6 is 11.6 Å². The number of carbonyl (C=O) groups is 1. The molecule has 1 aliphatic heterocycles. The van der Waals surface area contributed by atoms with Crippen LogP contribution in [0.2, 0.25) is 5.02 Å². The van der Waals surface area contributed by atoms with Gasteiger partial charge in [0.25, 0.3) is 0 Å². The molecule has 0 saturated carbocycles. The summed E-state index contributed by atoms with van der Waals surface area (Å²) in [4.78, 5) is 11.7. The number of morpholine rings is 1. The zero-order chi connectivity index (χ0) is 13.0. The predicted molar refractivity (Wildman–Crippen MR) is 67.3 cm³/mol. The van der Waals surface area contributed by atoms with Crippen LogP contribution in [0.1, 0.15) is 6.42 Å². The number of rotatable bonds is 3. The van der Waals surface area contributed by atoms with E-state index in [-0.39, 0.29) is 23.5 Å². The van der Waals surface area contributed by atoms with Gasteiger partial charge in [-0.1, -0.05) is 11.6 Å². The molecule has 1 heterocycles. The topological polar surface area (TPSA) is 50.4 Å². The number of halogens is 2. The van der Waals surface area contributed by atoms with Gasteiger partial charge in [0.2, 0.25) is 5.91 Å². The van der Waals surface area contributed by atoms with Crippen LogP contribution in [0.3, 0.4) is 0 Å². The van der Waals surface area contributed by atoms with Crippen LogP contribution in [0, 0.1) is 5.82 Å². The number of ether oxygens (including phenoxy) is 1. The van der Waals surface area contributed by atoms with Crippen molar-refractivity contribution in [1.29, 1.82) is 0 Å². The SMILES string of the molecule is O=C(CC1CNCCO1)Nc1ccc(Cl)c(F)c1. The molecule has 1 aliphatic rings. The number of amides is 1. The van der Waals surface area contributed by atoms with E-state index in [0.717, 1.165) is 6.54 Å². The molecule has 1 amide bonds. The van der Waals surface area contributed by atoms with Crippen molar-refractivity contribution in [2.24, 2.45) is 0 Å². The average Bonchev–Trinajstić information content (AvgIpc) is 2.35. The minimum absolute atomic E-state index is 0.0350. The molecule has 1 fully saturated rings. The first-order valence-corrected chi connectivity index (χ1v) is 6.10. The molecule has 2 N–H and O–H groups in total. The van der Waals surface area contributed by atoms with Crippen molar-refractivity contribution in [3.05, 3.63) is 29.0 Å². The van der Waals surface area contributed by atoms with E-state index in [4.69, 9.17) is 16.3 Å². The van der Waals surface area contributed by atoms with Crippen LogP contribution < -0.4 is 10.6 Å². The number of hydrogen-bond donors (Lipinski definition) is 2. The molecular weight excluding hydrogens is 259 g/mol. The molecule has 0 radical (unpaired) electrons. The number of carbonyl (C=O) groups excluding carboxylic acids is 1. The number of anilines is 1. The predicted octanol–water partition coefficient (Wildman–Crippen LogP) is 1.80. The Morgan fingerprint density at radius 3 is 3.11 bits per heavy atom. The minimum atomic E-state index is -0.551. The van der Waals surface area contributed by atoms with Crippen molar-refractivity contribution in [3.8, 4) is 0 Å². The highest BCUT2D eigenvalue weighted by Crippen LogP contribution is 2.19. The van der Waals surface area contributed by atoms with Gasteiger partial charge in [0.15, 0.2) is 0 Å². The van der Waals surface area contributed by atoms with Gasteiger partial charge in [-0.3, -0.25) is 4.79 Å².